The number of urea groups is 1. The van der Waals surface area contributed by atoms with E-state index in [4.69, 9.17) is 0 Å². The Morgan fingerprint density at radius 1 is 1.24 bits per heavy atom. The Hall–Kier alpha value is -2.42. The number of carbonyl (C=O) groups excluding carboxylic acids is 4. The predicted octanol–water partition coefficient (Wildman–Crippen LogP) is -0.704. The number of imide groups is 1. The van der Waals surface area contributed by atoms with Crippen molar-refractivity contribution in [1.29, 1.82) is 0 Å². The van der Waals surface area contributed by atoms with Crippen LogP contribution in [0.15, 0.2) is 17.5 Å². The number of carbonyl (C=O) groups is 4. The first-order valence-corrected chi connectivity index (χ1v) is 8.97. The lowest BCUT2D eigenvalue weighted by molar-refractivity contribution is -0.305. The van der Waals surface area contributed by atoms with Gasteiger partial charge in [0.25, 0.3) is 5.91 Å². The number of aliphatic carboxylic acids is 1. The van der Waals surface area contributed by atoms with Gasteiger partial charge in [0.05, 0.1) is 6.54 Å². The van der Waals surface area contributed by atoms with Crippen LogP contribution in [0.1, 0.15) is 17.7 Å². The number of fused-ring (bicyclic) bond motifs is 1. The zero-order valence-electron chi connectivity index (χ0n) is 13.6. The minimum atomic E-state index is -1.28. The number of rotatable bonds is 6. The van der Waals surface area contributed by atoms with Gasteiger partial charge < -0.3 is 19.7 Å². The summed E-state index contributed by atoms with van der Waals surface area (Å²) in [5.74, 6) is -1.90. The molecule has 1 atom stereocenters. The number of carboxylic acids is 1. The molecule has 0 N–H and O–H groups in total. The van der Waals surface area contributed by atoms with Gasteiger partial charge in [-0.2, -0.15) is 0 Å². The SMILES string of the molecule is O=C([O-])CCC(=O)N1CCN2C(=O)N(CCc3cccs3)C(=O)[C@H]2C1. The third-order valence-electron chi connectivity index (χ3n) is 4.47. The van der Waals surface area contributed by atoms with Crippen LogP contribution in [0.4, 0.5) is 4.79 Å². The van der Waals surface area contributed by atoms with Crippen LogP contribution in [0.3, 0.4) is 0 Å². The molecule has 9 heteroatoms. The molecular formula is C16H18N3O5S-. The molecule has 134 valence electrons. The van der Waals surface area contributed by atoms with Gasteiger partial charge in [-0.05, 0) is 24.3 Å². The van der Waals surface area contributed by atoms with Crippen molar-refractivity contribution in [3.8, 4) is 0 Å². The lowest BCUT2D eigenvalue weighted by atomic mass is 10.1. The monoisotopic (exact) mass is 364 g/mol. The summed E-state index contributed by atoms with van der Waals surface area (Å²) in [6, 6.07) is 2.90. The van der Waals surface area contributed by atoms with Crippen LogP contribution in [-0.2, 0) is 20.8 Å². The summed E-state index contributed by atoms with van der Waals surface area (Å²) >= 11 is 1.58. The van der Waals surface area contributed by atoms with E-state index in [1.807, 2.05) is 17.5 Å². The highest BCUT2D eigenvalue weighted by molar-refractivity contribution is 7.09. The van der Waals surface area contributed by atoms with Crippen LogP contribution in [0.5, 0.6) is 0 Å². The number of carboxylic acid groups (broad SMARTS) is 1. The van der Waals surface area contributed by atoms with Gasteiger partial charge in [0.1, 0.15) is 6.04 Å². The molecule has 0 aliphatic carbocycles. The third kappa shape index (κ3) is 3.65. The first kappa shape index (κ1) is 17.4. The van der Waals surface area contributed by atoms with Gasteiger partial charge in [-0.25, -0.2) is 4.79 Å². The van der Waals surface area contributed by atoms with Gasteiger partial charge in [-0.3, -0.25) is 14.5 Å². The molecule has 1 aromatic rings. The van der Waals surface area contributed by atoms with Crippen molar-refractivity contribution in [2.75, 3.05) is 26.2 Å². The van der Waals surface area contributed by atoms with Gasteiger partial charge in [0.15, 0.2) is 0 Å². The van der Waals surface area contributed by atoms with E-state index in [1.165, 1.54) is 14.7 Å². The molecule has 2 aliphatic heterocycles. The number of thiophene rings is 1. The van der Waals surface area contributed by atoms with Crippen molar-refractivity contribution >= 4 is 35.2 Å². The van der Waals surface area contributed by atoms with Gasteiger partial charge in [-0.15, -0.1) is 11.3 Å². The summed E-state index contributed by atoms with van der Waals surface area (Å²) in [5, 5.41) is 12.4. The first-order valence-electron chi connectivity index (χ1n) is 8.09. The van der Waals surface area contributed by atoms with Crippen molar-refractivity contribution in [2.24, 2.45) is 0 Å². The van der Waals surface area contributed by atoms with Crippen LogP contribution in [0.2, 0.25) is 0 Å². The molecule has 0 saturated carbocycles. The predicted molar refractivity (Wildman–Crippen MR) is 86.4 cm³/mol. The number of amides is 4. The van der Waals surface area contributed by atoms with Crippen molar-refractivity contribution in [3.63, 3.8) is 0 Å². The number of piperazine rings is 1. The Morgan fingerprint density at radius 2 is 2.04 bits per heavy atom. The molecule has 3 rings (SSSR count). The molecule has 2 saturated heterocycles. The maximum Gasteiger partial charge on any atom is 0.327 e. The highest BCUT2D eigenvalue weighted by Gasteiger charge is 2.47. The average molecular weight is 364 g/mol. The minimum absolute atomic E-state index is 0.117. The van der Waals surface area contributed by atoms with Gasteiger partial charge in [-0.1, -0.05) is 6.07 Å². The summed E-state index contributed by atoms with van der Waals surface area (Å²) in [7, 11) is 0. The molecule has 0 unspecified atom stereocenters. The Labute approximate surface area is 148 Å². The van der Waals surface area contributed by atoms with Gasteiger partial charge >= 0.3 is 6.03 Å². The Balaban J connectivity index is 1.60. The van der Waals surface area contributed by atoms with E-state index >= 15 is 0 Å². The second kappa shape index (κ2) is 7.22. The highest BCUT2D eigenvalue weighted by Crippen LogP contribution is 2.23. The molecule has 25 heavy (non-hydrogen) atoms. The number of hydrogen-bond donors (Lipinski definition) is 0. The van der Waals surface area contributed by atoms with Crippen molar-refractivity contribution in [1.82, 2.24) is 14.7 Å². The quantitative estimate of drug-likeness (QED) is 0.621. The molecular weight excluding hydrogens is 346 g/mol. The molecule has 0 spiro atoms. The van der Waals surface area contributed by atoms with Crippen LogP contribution in [-0.4, -0.2) is 70.7 Å². The summed E-state index contributed by atoms with van der Waals surface area (Å²) in [6.45, 7) is 1.03. The summed E-state index contributed by atoms with van der Waals surface area (Å²) < 4.78 is 0. The molecule has 0 radical (unpaired) electrons. The fraction of sp³-hybridized carbons (Fsp3) is 0.500. The first-order chi connectivity index (χ1) is 12.0. The lowest BCUT2D eigenvalue weighted by Crippen LogP contribution is -2.54. The fourth-order valence-electron chi connectivity index (χ4n) is 3.13. The van der Waals surface area contributed by atoms with Gasteiger partial charge in [0, 0.05) is 36.9 Å². The van der Waals surface area contributed by atoms with Crippen molar-refractivity contribution in [2.45, 2.75) is 25.3 Å². The molecule has 1 aromatic heterocycles. The highest BCUT2D eigenvalue weighted by atomic mass is 32.1. The normalized spacial score (nSPS) is 20.2. The molecule has 0 bridgehead atoms. The number of hydrogen-bond acceptors (Lipinski definition) is 6. The zero-order chi connectivity index (χ0) is 18.0. The maximum absolute atomic E-state index is 12.6. The Bertz CT molecular complexity index is 690. The molecule has 2 aliphatic rings. The van der Waals surface area contributed by atoms with E-state index in [0.29, 0.717) is 19.5 Å². The van der Waals surface area contributed by atoms with E-state index in [0.717, 1.165) is 4.88 Å². The largest absolute Gasteiger partial charge is 0.550 e. The maximum atomic E-state index is 12.6. The molecule has 0 aromatic carbocycles. The van der Waals surface area contributed by atoms with E-state index in [2.05, 4.69) is 0 Å². The third-order valence-corrected chi connectivity index (χ3v) is 5.40. The fourth-order valence-corrected chi connectivity index (χ4v) is 3.83. The zero-order valence-corrected chi connectivity index (χ0v) is 14.4. The van der Waals surface area contributed by atoms with Crippen LogP contribution < -0.4 is 5.11 Å². The van der Waals surface area contributed by atoms with E-state index < -0.39 is 12.0 Å². The summed E-state index contributed by atoms with van der Waals surface area (Å²) in [5.41, 5.74) is 0. The van der Waals surface area contributed by atoms with Crippen LogP contribution in [0, 0.1) is 0 Å². The Morgan fingerprint density at radius 3 is 2.72 bits per heavy atom. The minimum Gasteiger partial charge on any atom is -0.550 e. The second-order valence-corrected chi connectivity index (χ2v) is 7.06. The molecule has 2 fully saturated rings. The summed E-state index contributed by atoms with van der Waals surface area (Å²) in [6.07, 6.45) is 0.118. The molecule has 4 amide bonds. The second-order valence-electron chi connectivity index (χ2n) is 6.02. The number of nitrogens with zero attached hydrogens (tertiary/aromatic N) is 3. The van der Waals surface area contributed by atoms with Gasteiger partial charge in [0.2, 0.25) is 5.91 Å². The van der Waals surface area contributed by atoms with Crippen molar-refractivity contribution < 1.29 is 24.3 Å². The van der Waals surface area contributed by atoms with E-state index in [-0.39, 0.29) is 43.8 Å². The average Bonchev–Trinajstić information content (AvgIpc) is 3.19. The van der Waals surface area contributed by atoms with Crippen molar-refractivity contribution in [3.05, 3.63) is 22.4 Å². The van der Waals surface area contributed by atoms with Crippen LogP contribution >= 0.6 is 11.3 Å². The topological polar surface area (TPSA) is 101 Å². The summed E-state index contributed by atoms with van der Waals surface area (Å²) in [4.78, 5) is 52.9. The van der Waals surface area contributed by atoms with Crippen LogP contribution in [0.25, 0.3) is 0 Å². The van der Waals surface area contributed by atoms with E-state index in [1.54, 1.807) is 11.3 Å². The molecule has 3 heterocycles. The van der Waals surface area contributed by atoms with E-state index in [9.17, 15) is 24.3 Å². The molecule has 8 nitrogen and oxygen atoms in total. The standard InChI is InChI=1S/C16H19N3O5S/c20-13(3-4-14(21)22)17-7-8-18-12(10-17)15(23)19(16(18)24)6-5-11-2-1-9-25-11/h1-2,9,12H,3-8,10H2,(H,21,22)/p-1/t12-/m1/s1. The Kier molecular flexibility index (Phi) is 5.03. The smallest absolute Gasteiger partial charge is 0.327 e. The lowest BCUT2D eigenvalue weighted by Gasteiger charge is -2.35.